The number of rotatable bonds is 1. The van der Waals surface area contributed by atoms with Crippen LogP contribution in [0.5, 0.6) is 0 Å². The van der Waals surface area contributed by atoms with Gasteiger partial charge in [0.1, 0.15) is 0 Å². The maximum absolute atomic E-state index is 4.91. The minimum Gasteiger partial charge on any atom is -0.341 e. The third kappa shape index (κ3) is 2.49. The molecule has 0 radical (unpaired) electrons. The Balaban J connectivity index is 2.14. The molecule has 3 rings (SSSR count). The molecule has 3 nitrogen and oxygen atoms in total. The summed E-state index contributed by atoms with van der Waals surface area (Å²) in [6, 6.07) is 8.36. The third-order valence-corrected chi connectivity index (χ3v) is 3.94. The number of piperidine rings is 1. The molecule has 1 aromatic heterocycles. The van der Waals surface area contributed by atoms with Crippen molar-refractivity contribution in [3.63, 3.8) is 0 Å². The SMILES string of the molecule is CC(C)(C)c1nc(N2CCCCC2)nc2ccccc12. The van der Waals surface area contributed by atoms with E-state index in [-0.39, 0.29) is 5.41 Å². The third-order valence-electron chi connectivity index (χ3n) is 3.94. The number of aromatic nitrogens is 2. The topological polar surface area (TPSA) is 29.0 Å². The van der Waals surface area contributed by atoms with Gasteiger partial charge in [-0.25, -0.2) is 9.97 Å². The maximum atomic E-state index is 4.91. The van der Waals surface area contributed by atoms with Crippen LogP contribution in [0.15, 0.2) is 24.3 Å². The first-order chi connectivity index (χ1) is 9.55. The van der Waals surface area contributed by atoms with Gasteiger partial charge in [-0.05, 0) is 25.3 Å². The van der Waals surface area contributed by atoms with E-state index < -0.39 is 0 Å². The van der Waals surface area contributed by atoms with Crippen molar-refractivity contribution in [2.75, 3.05) is 18.0 Å². The van der Waals surface area contributed by atoms with E-state index in [9.17, 15) is 0 Å². The van der Waals surface area contributed by atoms with Crippen molar-refractivity contribution in [2.24, 2.45) is 0 Å². The molecule has 0 spiro atoms. The van der Waals surface area contributed by atoms with Crippen LogP contribution >= 0.6 is 0 Å². The van der Waals surface area contributed by atoms with Gasteiger partial charge in [-0.15, -0.1) is 0 Å². The summed E-state index contributed by atoms with van der Waals surface area (Å²) in [4.78, 5) is 12.0. The Bertz CT molecular complexity index is 607. The van der Waals surface area contributed by atoms with Gasteiger partial charge >= 0.3 is 0 Å². The molecular formula is C17H23N3. The summed E-state index contributed by atoms with van der Waals surface area (Å²) in [6.07, 6.45) is 3.83. The van der Waals surface area contributed by atoms with Gasteiger partial charge in [0.05, 0.1) is 11.2 Å². The van der Waals surface area contributed by atoms with Crippen LogP contribution < -0.4 is 4.90 Å². The Hall–Kier alpha value is -1.64. The van der Waals surface area contributed by atoms with Crippen molar-refractivity contribution >= 4 is 16.9 Å². The second-order valence-corrected chi connectivity index (χ2v) is 6.69. The van der Waals surface area contributed by atoms with Crippen LogP contribution in [0.3, 0.4) is 0 Å². The van der Waals surface area contributed by atoms with Crippen molar-refractivity contribution in [2.45, 2.75) is 45.4 Å². The summed E-state index contributed by atoms with van der Waals surface area (Å²) in [5.41, 5.74) is 2.25. The summed E-state index contributed by atoms with van der Waals surface area (Å²) in [6.45, 7) is 8.84. The van der Waals surface area contributed by atoms with Gasteiger partial charge in [0.2, 0.25) is 5.95 Å². The summed E-state index contributed by atoms with van der Waals surface area (Å²) >= 11 is 0. The van der Waals surface area contributed by atoms with E-state index in [1.807, 2.05) is 0 Å². The van der Waals surface area contributed by atoms with Gasteiger partial charge in [0.15, 0.2) is 0 Å². The lowest BCUT2D eigenvalue weighted by Gasteiger charge is -2.29. The molecule has 0 aliphatic carbocycles. The van der Waals surface area contributed by atoms with E-state index in [4.69, 9.17) is 9.97 Å². The molecule has 0 amide bonds. The zero-order valence-electron chi connectivity index (χ0n) is 12.7. The van der Waals surface area contributed by atoms with Crippen LogP contribution in [-0.2, 0) is 5.41 Å². The number of benzene rings is 1. The lowest BCUT2D eigenvalue weighted by atomic mass is 9.89. The number of fused-ring (bicyclic) bond motifs is 1. The average Bonchev–Trinajstić information content (AvgIpc) is 2.46. The normalized spacial score (nSPS) is 16.6. The highest BCUT2D eigenvalue weighted by Crippen LogP contribution is 2.30. The summed E-state index contributed by atoms with van der Waals surface area (Å²) in [5, 5.41) is 1.18. The molecule has 0 saturated carbocycles. The standard InChI is InChI=1S/C17H23N3/c1-17(2,3)15-13-9-5-6-10-14(13)18-16(19-15)20-11-7-4-8-12-20/h5-6,9-10H,4,7-8,11-12H2,1-3H3. The van der Waals surface area contributed by atoms with Crippen molar-refractivity contribution in [1.29, 1.82) is 0 Å². The Morgan fingerprint density at radius 1 is 0.950 bits per heavy atom. The van der Waals surface area contributed by atoms with E-state index in [2.05, 4.69) is 49.9 Å². The highest BCUT2D eigenvalue weighted by Gasteiger charge is 2.22. The van der Waals surface area contributed by atoms with E-state index in [1.165, 1.54) is 24.6 Å². The molecule has 20 heavy (non-hydrogen) atoms. The molecular weight excluding hydrogens is 246 g/mol. The quantitative estimate of drug-likeness (QED) is 0.785. The smallest absolute Gasteiger partial charge is 0.226 e. The molecule has 0 unspecified atom stereocenters. The fourth-order valence-electron chi connectivity index (χ4n) is 2.87. The summed E-state index contributed by atoms with van der Waals surface area (Å²) in [7, 11) is 0. The Labute approximate surface area is 121 Å². The first-order valence-electron chi connectivity index (χ1n) is 7.58. The molecule has 2 heterocycles. The number of hydrogen-bond donors (Lipinski definition) is 0. The van der Waals surface area contributed by atoms with Crippen molar-refractivity contribution in [1.82, 2.24) is 9.97 Å². The van der Waals surface area contributed by atoms with E-state index in [1.54, 1.807) is 0 Å². The molecule has 0 atom stereocenters. The number of nitrogens with zero attached hydrogens (tertiary/aromatic N) is 3. The van der Waals surface area contributed by atoms with E-state index >= 15 is 0 Å². The second kappa shape index (κ2) is 5.04. The number of anilines is 1. The fraction of sp³-hybridized carbons (Fsp3) is 0.529. The average molecular weight is 269 g/mol. The molecule has 1 saturated heterocycles. The molecule has 0 bridgehead atoms. The predicted molar refractivity (Wildman–Crippen MR) is 84.3 cm³/mol. The highest BCUT2D eigenvalue weighted by atomic mass is 15.3. The molecule has 1 aliphatic rings. The molecule has 1 aromatic carbocycles. The lowest BCUT2D eigenvalue weighted by Crippen LogP contribution is -2.32. The molecule has 0 N–H and O–H groups in total. The zero-order valence-corrected chi connectivity index (χ0v) is 12.7. The van der Waals surface area contributed by atoms with Crippen LogP contribution in [0.4, 0.5) is 5.95 Å². The minimum atomic E-state index is 0.0348. The first kappa shape index (κ1) is 13.3. The number of hydrogen-bond acceptors (Lipinski definition) is 3. The molecule has 1 fully saturated rings. The number of para-hydroxylation sites is 1. The Morgan fingerprint density at radius 3 is 2.35 bits per heavy atom. The van der Waals surface area contributed by atoms with E-state index in [0.29, 0.717) is 0 Å². The van der Waals surface area contributed by atoms with Crippen molar-refractivity contribution < 1.29 is 0 Å². The Kier molecular flexibility index (Phi) is 3.36. The van der Waals surface area contributed by atoms with Crippen LogP contribution in [0, 0.1) is 0 Å². The largest absolute Gasteiger partial charge is 0.341 e. The monoisotopic (exact) mass is 269 g/mol. The van der Waals surface area contributed by atoms with Gasteiger partial charge in [-0.1, -0.05) is 39.0 Å². The van der Waals surface area contributed by atoms with Crippen molar-refractivity contribution in [3.8, 4) is 0 Å². The molecule has 2 aromatic rings. The van der Waals surface area contributed by atoms with Gasteiger partial charge in [-0.2, -0.15) is 0 Å². The highest BCUT2D eigenvalue weighted by molar-refractivity contribution is 5.82. The van der Waals surface area contributed by atoms with Crippen LogP contribution in [0.25, 0.3) is 10.9 Å². The zero-order chi connectivity index (χ0) is 14.2. The second-order valence-electron chi connectivity index (χ2n) is 6.69. The Morgan fingerprint density at radius 2 is 1.65 bits per heavy atom. The lowest BCUT2D eigenvalue weighted by molar-refractivity contribution is 0.552. The molecule has 3 heteroatoms. The van der Waals surface area contributed by atoms with E-state index in [0.717, 1.165) is 30.2 Å². The van der Waals surface area contributed by atoms with Gasteiger partial charge in [-0.3, -0.25) is 0 Å². The predicted octanol–water partition coefficient (Wildman–Crippen LogP) is 3.92. The van der Waals surface area contributed by atoms with Gasteiger partial charge < -0.3 is 4.90 Å². The minimum absolute atomic E-state index is 0.0348. The summed E-state index contributed by atoms with van der Waals surface area (Å²) in [5.74, 6) is 0.910. The van der Waals surface area contributed by atoms with Gasteiger partial charge in [0, 0.05) is 23.9 Å². The molecule has 1 aliphatic heterocycles. The van der Waals surface area contributed by atoms with Crippen molar-refractivity contribution in [3.05, 3.63) is 30.0 Å². The summed E-state index contributed by atoms with van der Waals surface area (Å²) < 4.78 is 0. The first-order valence-corrected chi connectivity index (χ1v) is 7.58. The van der Waals surface area contributed by atoms with Crippen LogP contribution in [0.1, 0.15) is 45.7 Å². The molecule has 106 valence electrons. The maximum Gasteiger partial charge on any atom is 0.226 e. The van der Waals surface area contributed by atoms with Gasteiger partial charge in [0.25, 0.3) is 0 Å². The van der Waals surface area contributed by atoms with Crippen LogP contribution in [0.2, 0.25) is 0 Å². The fourth-order valence-corrected chi connectivity index (χ4v) is 2.87. The van der Waals surface area contributed by atoms with Crippen LogP contribution in [-0.4, -0.2) is 23.1 Å².